The third-order valence-electron chi connectivity index (χ3n) is 2.50. The third-order valence-corrected chi connectivity index (χ3v) is 2.50. The average Bonchev–Trinajstić information content (AvgIpc) is 2.21. The van der Waals surface area contributed by atoms with Gasteiger partial charge in [0.25, 0.3) is 0 Å². The first-order valence-corrected chi connectivity index (χ1v) is 6.48. The van der Waals surface area contributed by atoms with Crippen LogP contribution in [0.1, 0.15) is 41.0 Å². The van der Waals surface area contributed by atoms with Crippen LogP contribution in [0.2, 0.25) is 0 Å². The predicted molar refractivity (Wildman–Crippen MR) is 70.8 cm³/mol. The van der Waals surface area contributed by atoms with Crippen LogP contribution in [0, 0.1) is 0 Å². The lowest BCUT2D eigenvalue weighted by Gasteiger charge is -2.28. The summed E-state index contributed by atoms with van der Waals surface area (Å²) < 4.78 is 10.7. The van der Waals surface area contributed by atoms with E-state index in [0.717, 1.165) is 0 Å². The molecule has 1 atom stereocenters. The van der Waals surface area contributed by atoms with Crippen LogP contribution < -0.4 is 5.32 Å². The second kappa shape index (κ2) is 8.45. The molecule has 0 radical (unpaired) electrons. The van der Waals surface area contributed by atoms with Gasteiger partial charge in [-0.15, -0.1) is 0 Å². The number of rotatable bonds is 10. The number of aliphatic carboxylic acids is 1. The van der Waals surface area contributed by atoms with E-state index < -0.39 is 11.5 Å². The van der Waals surface area contributed by atoms with Gasteiger partial charge in [0.1, 0.15) is 5.54 Å². The highest BCUT2D eigenvalue weighted by Gasteiger charge is 2.32. The van der Waals surface area contributed by atoms with E-state index >= 15 is 0 Å². The maximum absolute atomic E-state index is 11.2. The van der Waals surface area contributed by atoms with Gasteiger partial charge < -0.3 is 14.6 Å². The molecule has 0 fully saturated rings. The Labute approximate surface area is 110 Å². The zero-order valence-corrected chi connectivity index (χ0v) is 12.2. The van der Waals surface area contributed by atoms with Gasteiger partial charge in [-0.2, -0.15) is 0 Å². The highest BCUT2D eigenvalue weighted by molar-refractivity contribution is 5.78. The molecular weight excluding hydrogens is 234 g/mol. The smallest absolute Gasteiger partial charge is 0.323 e. The summed E-state index contributed by atoms with van der Waals surface area (Å²) in [6.45, 7) is 10.9. The monoisotopic (exact) mass is 261 g/mol. The zero-order chi connectivity index (χ0) is 14.2. The van der Waals surface area contributed by atoms with Gasteiger partial charge in [-0.25, -0.2) is 0 Å². The van der Waals surface area contributed by atoms with Crippen molar-refractivity contribution in [2.24, 2.45) is 0 Å². The van der Waals surface area contributed by atoms with E-state index in [-0.39, 0.29) is 12.1 Å². The molecule has 1 unspecified atom stereocenters. The van der Waals surface area contributed by atoms with E-state index in [2.05, 4.69) is 5.32 Å². The molecule has 108 valence electrons. The largest absolute Gasteiger partial charge is 0.480 e. The SMILES string of the molecule is CC(C)NC(C)(CCOCCOC(C)C)C(=O)O. The van der Waals surface area contributed by atoms with Crippen LogP contribution >= 0.6 is 0 Å². The lowest BCUT2D eigenvalue weighted by Crippen LogP contribution is -2.53. The molecule has 0 aliphatic heterocycles. The first-order valence-electron chi connectivity index (χ1n) is 6.48. The lowest BCUT2D eigenvalue weighted by atomic mass is 9.97. The van der Waals surface area contributed by atoms with Crippen LogP contribution in [0.5, 0.6) is 0 Å². The molecule has 0 heterocycles. The van der Waals surface area contributed by atoms with E-state index in [1.165, 1.54) is 0 Å². The molecule has 0 aliphatic carbocycles. The fraction of sp³-hybridized carbons (Fsp3) is 0.923. The van der Waals surface area contributed by atoms with Gasteiger partial charge in [-0.3, -0.25) is 10.1 Å². The summed E-state index contributed by atoms with van der Waals surface area (Å²) in [5.74, 6) is -0.849. The summed E-state index contributed by atoms with van der Waals surface area (Å²) in [5, 5.41) is 12.3. The van der Waals surface area contributed by atoms with Crippen molar-refractivity contribution in [3.05, 3.63) is 0 Å². The normalized spacial score (nSPS) is 15.1. The van der Waals surface area contributed by atoms with Crippen molar-refractivity contribution in [3.63, 3.8) is 0 Å². The number of carboxylic acid groups (broad SMARTS) is 1. The fourth-order valence-electron chi connectivity index (χ4n) is 1.60. The summed E-state index contributed by atoms with van der Waals surface area (Å²) in [4.78, 5) is 11.2. The number of ether oxygens (including phenoxy) is 2. The Hall–Kier alpha value is -0.650. The Morgan fingerprint density at radius 3 is 2.28 bits per heavy atom. The molecule has 0 aromatic rings. The van der Waals surface area contributed by atoms with E-state index in [0.29, 0.717) is 26.2 Å². The van der Waals surface area contributed by atoms with Gasteiger partial charge in [0.05, 0.1) is 19.3 Å². The number of hydrogen-bond donors (Lipinski definition) is 2. The first-order chi connectivity index (χ1) is 8.28. The van der Waals surface area contributed by atoms with Crippen LogP contribution in [0.3, 0.4) is 0 Å². The summed E-state index contributed by atoms with van der Waals surface area (Å²) >= 11 is 0. The van der Waals surface area contributed by atoms with Gasteiger partial charge in [0.15, 0.2) is 0 Å². The Morgan fingerprint density at radius 1 is 1.22 bits per heavy atom. The predicted octanol–water partition coefficient (Wildman–Crippen LogP) is 1.66. The number of nitrogens with one attached hydrogen (secondary N) is 1. The molecular formula is C13H27NO4. The molecule has 2 N–H and O–H groups in total. The van der Waals surface area contributed by atoms with Crippen molar-refractivity contribution < 1.29 is 19.4 Å². The second-order valence-electron chi connectivity index (χ2n) is 5.22. The number of hydrogen-bond acceptors (Lipinski definition) is 4. The van der Waals surface area contributed by atoms with Gasteiger partial charge in [-0.1, -0.05) is 0 Å². The minimum atomic E-state index is -0.937. The van der Waals surface area contributed by atoms with E-state index in [1.54, 1.807) is 6.92 Å². The van der Waals surface area contributed by atoms with Crippen LogP contribution in [0.15, 0.2) is 0 Å². The van der Waals surface area contributed by atoms with Crippen molar-refractivity contribution >= 4 is 5.97 Å². The van der Waals surface area contributed by atoms with Crippen molar-refractivity contribution in [1.29, 1.82) is 0 Å². The average molecular weight is 261 g/mol. The maximum atomic E-state index is 11.2. The van der Waals surface area contributed by atoms with E-state index in [1.807, 2.05) is 27.7 Å². The van der Waals surface area contributed by atoms with Crippen molar-refractivity contribution in [1.82, 2.24) is 5.32 Å². The Balaban J connectivity index is 3.88. The molecule has 0 aliphatic rings. The molecule has 0 amide bonds. The topological polar surface area (TPSA) is 67.8 Å². The van der Waals surface area contributed by atoms with Gasteiger partial charge in [-0.05, 0) is 41.0 Å². The van der Waals surface area contributed by atoms with Crippen LogP contribution in [0.4, 0.5) is 0 Å². The molecule has 0 saturated carbocycles. The van der Waals surface area contributed by atoms with Gasteiger partial charge in [0.2, 0.25) is 0 Å². The highest BCUT2D eigenvalue weighted by Crippen LogP contribution is 2.11. The molecule has 0 spiro atoms. The second-order valence-corrected chi connectivity index (χ2v) is 5.22. The standard InChI is InChI=1S/C13H27NO4/c1-10(2)14-13(5,12(15)16)6-7-17-8-9-18-11(3)4/h10-11,14H,6-9H2,1-5H3,(H,15,16). The molecule has 0 aromatic carbocycles. The molecule has 0 bridgehead atoms. The number of carbonyl (C=O) groups is 1. The summed E-state index contributed by atoms with van der Waals surface area (Å²) in [6.07, 6.45) is 0.628. The van der Waals surface area contributed by atoms with Gasteiger partial charge >= 0.3 is 5.97 Å². The minimum absolute atomic E-state index is 0.121. The van der Waals surface area contributed by atoms with Crippen LogP contribution in [-0.4, -0.2) is 48.6 Å². The quantitative estimate of drug-likeness (QED) is 0.585. The first kappa shape index (κ1) is 17.4. The highest BCUT2D eigenvalue weighted by atomic mass is 16.5. The van der Waals surface area contributed by atoms with Gasteiger partial charge in [0, 0.05) is 12.6 Å². The molecule has 18 heavy (non-hydrogen) atoms. The Morgan fingerprint density at radius 2 is 1.83 bits per heavy atom. The maximum Gasteiger partial charge on any atom is 0.323 e. The zero-order valence-electron chi connectivity index (χ0n) is 12.2. The molecule has 0 rings (SSSR count). The van der Waals surface area contributed by atoms with Crippen molar-refractivity contribution in [3.8, 4) is 0 Å². The molecule has 5 nitrogen and oxygen atoms in total. The minimum Gasteiger partial charge on any atom is -0.480 e. The molecule has 0 aromatic heterocycles. The summed E-state index contributed by atoms with van der Waals surface area (Å²) in [5.41, 5.74) is -0.937. The molecule has 0 saturated heterocycles. The van der Waals surface area contributed by atoms with E-state index in [9.17, 15) is 9.90 Å². The van der Waals surface area contributed by atoms with Crippen LogP contribution in [0.25, 0.3) is 0 Å². The van der Waals surface area contributed by atoms with E-state index in [4.69, 9.17) is 9.47 Å². The van der Waals surface area contributed by atoms with Crippen LogP contribution in [-0.2, 0) is 14.3 Å². The Bertz CT molecular complexity index is 243. The summed E-state index contributed by atoms with van der Waals surface area (Å²) in [7, 11) is 0. The fourth-order valence-corrected chi connectivity index (χ4v) is 1.60. The molecule has 5 heteroatoms. The third kappa shape index (κ3) is 7.63. The van der Waals surface area contributed by atoms with Crippen molar-refractivity contribution in [2.45, 2.75) is 58.7 Å². The number of carboxylic acids is 1. The Kier molecular flexibility index (Phi) is 8.15. The summed E-state index contributed by atoms with van der Waals surface area (Å²) in [6, 6.07) is 0.121. The lowest BCUT2D eigenvalue weighted by molar-refractivity contribution is -0.145. The van der Waals surface area contributed by atoms with Crippen molar-refractivity contribution in [2.75, 3.05) is 19.8 Å².